The molecule has 0 amide bonds. The largest absolute Gasteiger partial charge is 0.497 e. The van der Waals surface area contributed by atoms with Gasteiger partial charge in [0, 0.05) is 16.7 Å². The van der Waals surface area contributed by atoms with Gasteiger partial charge in [-0.2, -0.15) is 0 Å². The molecule has 3 nitrogen and oxygen atoms in total. The van der Waals surface area contributed by atoms with Gasteiger partial charge in [0.25, 0.3) is 0 Å². The molecule has 0 radical (unpaired) electrons. The SMILES string of the molecule is COc1ccc(B(O)O)c(CSc2ccc(F)cc2F)c1. The second-order valence-electron chi connectivity index (χ2n) is 4.30. The standard InChI is InChI=1S/C14H13BF2O3S/c1-20-11-3-4-12(15(18)19)9(6-11)8-21-14-5-2-10(16)7-13(14)17/h2-7,18-19H,8H2,1H3. The lowest BCUT2D eigenvalue weighted by Gasteiger charge is -2.11. The molecule has 2 N–H and O–H groups in total. The summed E-state index contributed by atoms with van der Waals surface area (Å²) in [7, 11) is -0.120. The molecule has 0 saturated carbocycles. The molecule has 7 heteroatoms. The van der Waals surface area contributed by atoms with E-state index in [2.05, 4.69) is 0 Å². The fourth-order valence-electron chi connectivity index (χ4n) is 1.83. The van der Waals surface area contributed by atoms with Crippen molar-refractivity contribution in [2.24, 2.45) is 0 Å². The van der Waals surface area contributed by atoms with Crippen molar-refractivity contribution >= 4 is 24.3 Å². The van der Waals surface area contributed by atoms with Crippen molar-refractivity contribution in [2.45, 2.75) is 10.6 Å². The van der Waals surface area contributed by atoms with Gasteiger partial charge in [-0.05, 0) is 35.3 Å². The van der Waals surface area contributed by atoms with Crippen LogP contribution >= 0.6 is 11.8 Å². The van der Waals surface area contributed by atoms with E-state index in [9.17, 15) is 18.8 Å². The van der Waals surface area contributed by atoms with Crippen LogP contribution < -0.4 is 10.2 Å². The molecule has 0 aliphatic carbocycles. The Labute approximate surface area is 125 Å². The Morgan fingerprint density at radius 3 is 2.52 bits per heavy atom. The molecule has 0 spiro atoms. The van der Waals surface area contributed by atoms with E-state index in [1.807, 2.05) is 0 Å². The summed E-state index contributed by atoms with van der Waals surface area (Å²) in [6.07, 6.45) is 0. The predicted octanol–water partition coefficient (Wildman–Crippen LogP) is 1.95. The highest BCUT2D eigenvalue weighted by atomic mass is 32.2. The van der Waals surface area contributed by atoms with Crippen molar-refractivity contribution in [1.29, 1.82) is 0 Å². The van der Waals surface area contributed by atoms with Crippen molar-refractivity contribution < 1.29 is 23.6 Å². The van der Waals surface area contributed by atoms with E-state index >= 15 is 0 Å². The molecule has 0 heterocycles. The van der Waals surface area contributed by atoms with E-state index < -0.39 is 18.8 Å². The van der Waals surface area contributed by atoms with Gasteiger partial charge in [0.15, 0.2) is 0 Å². The monoisotopic (exact) mass is 310 g/mol. The Hall–Kier alpha value is -1.57. The molecule has 2 aromatic carbocycles. The molecule has 0 bridgehead atoms. The molecule has 2 rings (SSSR count). The van der Waals surface area contributed by atoms with Crippen molar-refractivity contribution in [2.75, 3.05) is 7.11 Å². The first-order valence-corrected chi connectivity index (χ1v) is 7.10. The molecular formula is C14H13BF2O3S. The molecule has 0 atom stereocenters. The molecule has 0 fully saturated rings. The molecular weight excluding hydrogens is 297 g/mol. The number of hydrogen-bond donors (Lipinski definition) is 2. The van der Waals surface area contributed by atoms with E-state index in [-0.39, 0.29) is 4.90 Å². The van der Waals surface area contributed by atoms with Gasteiger partial charge in [-0.3, -0.25) is 0 Å². The number of thioether (sulfide) groups is 1. The maximum absolute atomic E-state index is 13.6. The predicted molar refractivity (Wildman–Crippen MR) is 78.7 cm³/mol. The highest BCUT2D eigenvalue weighted by Gasteiger charge is 2.17. The molecule has 0 aromatic heterocycles. The summed E-state index contributed by atoms with van der Waals surface area (Å²) in [5.41, 5.74) is 0.934. The third kappa shape index (κ3) is 3.97. The van der Waals surface area contributed by atoms with Crippen LogP contribution in [0.15, 0.2) is 41.3 Å². The van der Waals surface area contributed by atoms with Crippen LogP contribution in [0.5, 0.6) is 5.75 Å². The number of ether oxygens (including phenoxy) is 1. The summed E-state index contributed by atoms with van der Waals surface area (Å²) >= 11 is 1.14. The van der Waals surface area contributed by atoms with Crippen LogP contribution in [0.25, 0.3) is 0 Å². The smallest absolute Gasteiger partial charge is 0.488 e. The summed E-state index contributed by atoms with van der Waals surface area (Å²) < 4.78 is 31.5. The fourth-order valence-corrected chi connectivity index (χ4v) is 2.76. The molecule has 0 aliphatic heterocycles. The normalized spacial score (nSPS) is 10.5. The Bertz CT molecular complexity index is 638. The minimum Gasteiger partial charge on any atom is -0.497 e. The van der Waals surface area contributed by atoms with Crippen molar-refractivity contribution in [3.05, 3.63) is 53.6 Å². The van der Waals surface area contributed by atoms with Crippen molar-refractivity contribution in [3.63, 3.8) is 0 Å². The second kappa shape index (κ2) is 6.93. The lowest BCUT2D eigenvalue weighted by atomic mass is 9.77. The van der Waals surface area contributed by atoms with Gasteiger partial charge < -0.3 is 14.8 Å². The third-order valence-corrected chi connectivity index (χ3v) is 4.00. The van der Waals surface area contributed by atoms with Crippen LogP contribution in [0, 0.1) is 11.6 Å². The summed E-state index contributed by atoms with van der Waals surface area (Å²) in [6, 6.07) is 8.16. The van der Waals surface area contributed by atoms with Gasteiger partial charge in [0.1, 0.15) is 17.4 Å². The highest BCUT2D eigenvalue weighted by molar-refractivity contribution is 7.98. The second-order valence-corrected chi connectivity index (χ2v) is 5.32. The zero-order valence-corrected chi connectivity index (χ0v) is 12.0. The first-order chi connectivity index (χ1) is 10.0. The van der Waals surface area contributed by atoms with Gasteiger partial charge >= 0.3 is 7.12 Å². The molecule has 0 unspecified atom stereocenters. The van der Waals surface area contributed by atoms with Gasteiger partial charge in [-0.1, -0.05) is 6.07 Å². The summed E-state index contributed by atoms with van der Waals surface area (Å²) in [5.74, 6) is -0.416. The number of hydrogen-bond acceptors (Lipinski definition) is 4. The highest BCUT2D eigenvalue weighted by Crippen LogP contribution is 2.26. The van der Waals surface area contributed by atoms with Gasteiger partial charge in [0.05, 0.1) is 7.11 Å². The van der Waals surface area contributed by atoms with Crippen LogP contribution in [0.2, 0.25) is 0 Å². The molecule has 0 aliphatic rings. The lowest BCUT2D eigenvalue weighted by molar-refractivity contribution is 0.413. The molecule has 2 aromatic rings. The van der Waals surface area contributed by atoms with Crippen LogP contribution in [-0.4, -0.2) is 24.3 Å². The quantitative estimate of drug-likeness (QED) is 0.655. The van der Waals surface area contributed by atoms with E-state index in [0.29, 0.717) is 22.5 Å². The van der Waals surface area contributed by atoms with Gasteiger partial charge in [-0.15, -0.1) is 11.8 Å². The summed E-state index contributed by atoms with van der Waals surface area (Å²) in [6.45, 7) is 0. The minimum atomic E-state index is -1.62. The van der Waals surface area contributed by atoms with E-state index in [0.717, 1.165) is 17.8 Å². The Morgan fingerprint density at radius 2 is 1.90 bits per heavy atom. The van der Waals surface area contributed by atoms with E-state index in [1.165, 1.54) is 19.2 Å². The zero-order valence-electron chi connectivity index (χ0n) is 11.2. The first kappa shape index (κ1) is 15.8. The number of halogens is 2. The molecule has 110 valence electrons. The minimum absolute atomic E-state index is 0.289. The fraction of sp³-hybridized carbons (Fsp3) is 0.143. The number of benzene rings is 2. The van der Waals surface area contributed by atoms with E-state index in [1.54, 1.807) is 18.2 Å². The lowest BCUT2D eigenvalue weighted by Crippen LogP contribution is -2.32. The van der Waals surface area contributed by atoms with Gasteiger partial charge in [-0.25, -0.2) is 8.78 Å². The molecule has 21 heavy (non-hydrogen) atoms. The average Bonchev–Trinajstić information content (AvgIpc) is 2.45. The van der Waals surface area contributed by atoms with Crippen LogP contribution in [0.1, 0.15) is 5.56 Å². The third-order valence-electron chi connectivity index (χ3n) is 2.91. The van der Waals surface area contributed by atoms with Crippen LogP contribution in [-0.2, 0) is 5.75 Å². The van der Waals surface area contributed by atoms with Crippen LogP contribution in [0.4, 0.5) is 8.78 Å². The zero-order chi connectivity index (χ0) is 15.4. The Morgan fingerprint density at radius 1 is 1.14 bits per heavy atom. The van der Waals surface area contributed by atoms with Crippen molar-refractivity contribution in [1.82, 2.24) is 0 Å². The Balaban J connectivity index is 2.22. The molecule has 0 saturated heterocycles. The summed E-state index contributed by atoms with van der Waals surface area (Å²) in [5, 5.41) is 18.7. The topological polar surface area (TPSA) is 49.7 Å². The Kier molecular flexibility index (Phi) is 5.22. The summed E-state index contributed by atoms with van der Waals surface area (Å²) in [4.78, 5) is 0.289. The maximum Gasteiger partial charge on any atom is 0.488 e. The number of methoxy groups -OCH3 is 1. The van der Waals surface area contributed by atoms with E-state index in [4.69, 9.17) is 4.74 Å². The number of rotatable bonds is 5. The average molecular weight is 310 g/mol. The van der Waals surface area contributed by atoms with Crippen LogP contribution in [0.3, 0.4) is 0 Å². The first-order valence-electron chi connectivity index (χ1n) is 6.12. The van der Waals surface area contributed by atoms with Crippen molar-refractivity contribution in [3.8, 4) is 5.75 Å². The maximum atomic E-state index is 13.6. The van der Waals surface area contributed by atoms with Gasteiger partial charge in [0.2, 0.25) is 0 Å².